The van der Waals surface area contributed by atoms with E-state index in [0.717, 1.165) is 0 Å². The summed E-state index contributed by atoms with van der Waals surface area (Å²) in [5, 5.41) is 5.40. The first-order valence-corrected chi connectivity index (χ1v) is 12.1. The van der Waals surface area contributed by atoms with Gasteiger partial charge in [-0.15, -0.1) is 69.1 Å². The molecular weight excluding hydrogens is 500 g/mol. The Morgan fingerprint density at radius 1 is 0.543 bits per heavy atom. The van der Waals surface area contributed by atoms with Gasteiger partial charge in [-0.3, -0.25) is 0 Å². The second-order valence-electron chi connectivity index (χ2n) is 9.33. The van der Waals surface area contributed by atoms with Crippen LogP contribution in [0.25, 0.3) is 43.8 Å². The molecule has 0 fully saturated rings. The van der Waals surface area contributed by atoms with Crippen molar-refractivity contribution in [2.24, 2.45) is 0 Å². The van der Waals surface area contributed by atoms with Crippen LogP contribution in [0.3, 0.4) is 0 Å². The zero-order chi connectivity index (χ0) is 23.5. The van der Waals surface area contributed by atoms with E-state index in [0.29, 0.717) is 5.92 Å². The molecule has 0 aliphatic carbocycles. The minimum absolute atomic E-state index is 0. The summed E-state index contributed by atoms with van der Waals surface area (Å²) < 4.78 is 0. The van der Waals surface area contributed by atoms with Crippen molar-refractivity contribution >= 4 is 21.5 Å². The first kappa shape index (κ1) is 25.1. The zero-order valence-corrected chi connectivity index (χ0v) is 23.1. The third-order valence-electron chi connectivity index (χ3n) is 6.50. The average Bonchev–Trinajstić information content (AvgIpc) is 3.48. The molecule has 0 nitrogen and oxygen atoms in total. The Kier molecular flexibility index (Phi) is 7.99. The van der Waals surface area contributed by atoms with Gasteiger partial charge in [-0.2, -0.15) is 12.1 Å². The summed E-state index contributed by atoms with van der Waals surface area (Å²) in [4.78, 5) is 0. The largest absolute Gasteiger partial charge is 2.00 e. The Labute approximate surface area is 228 Å². The maximum Gasteiger partial charge on any atom is 2.00 e. The van der Waals surface area contributed by atoms with Crippen molar-refractivity contribution in [3.63, 3.8) is 0 Å². The van der Waals surface area contributed by atoms with Crippen LogP contribution in [0.4, 0.5) is 0 Å². The summed E-state index contributed by atoms with van der Waals surface area (Å²) in [5.74, 6) is 0.584. The summed E-state index contributed by atoms with van der Waals surface area (Å²) >= 11 is 0. The second kappa shape index (κ2) is 11.1. The summed E-state index contributed by atoms with van der Waals surface area (Å²) in [6.45, 7) is 6.64. The molecule has 0 radical (unpaired) electrons. The summed E-state index contributed by atoms with van der Waals surface area (Å²) in [5.41, 5.74) is 8.00. The van der Waals surface area contributed by atoms with Gasteiger partial charge >= 0.3 is 26.2 Å². The van der Waals surface area contributed by atoms with Crippen LogP contribution in [-0.2, 0) is 26.2 Å². The topological polar surface area (TPSA) is 0 Å². The Hall–Kier alpha value is -3.02. The molecule has 0 heterocycles. The Balaban J connectivity index is 0.000000161. The van der Waals surface area contributed by atoms with E-state index in [1.165, 1.54) is 54.9 Å². The molecule has 0 aromatic heterocycles. The van der Waals surface area contributed by atoms with Gasteiger partial charge in [-0.05, 0) is 17.0 Å². The van der Waals surface area contributed by atoms with Crippen LogP contribution >= 0.6 is 0 Å². The van der Waals surface area contributed by atoms with Crippen molar-refractivity contribution in [2.45, 2.75) is 26.7 Å². The van der Waals surface area contributed by atoms with E-state index in [2.05, 4.69) is 142 Å². The standard InChI is InChI=1S/C18H17.C16H13.Zr/c1-13(2)16-11-15-9-6-10-17(18(15)12-16)14-7-4-3-5-8-14;1-12-10-14-8-5-9-15(16(14)11-12)13-6-3-2-4-7-13;/h3-13H,1-2H3;2-11H,1H3;/q2*-1;+2. The van der Waals surface area contributed by atoms with Crippen LogP contribution < -0.4 is 0 Å². The van der Waals surface area contributed by atoms with Crippen molar-refractivity contribution < 1.29 is 26.2 Å². The summed E-state index contributed by atoms with van der Waals surface area (Å²) in [7, 11) is 0. The molecule has 170 valence electrons. The van der Waals surface area contributed by atoms with Crippen molar-refractivity contribution in [3.8, 4) is 22.3 Å². The van der Waals surface area contributed by atoms with Gasteiger partial charge in [0.25, 0.3) is 0 Å². The minimum Gasteiger partial charge on any atom is -0.165 e. The Bertz CT molecular complexity index is 1520. The molecule has 6 aromatic carbocycles. The number of hydrogen-bond acceptors (Lipinski definition) is 0. The van der Waals surface area contributed by atoms with Gasteiger partial charge < -0.3 is 0 Å². The molecule has 0 aliphatic heterocycles. The third kappa shape index (κ3) is 5.47. The second-order valence-corrected chi connectivity index (χ2v) is 9.33. The number of fused-ring (bicyclic) bond motifs is 2. The van der Waals surface area contributed by atoms with Gasteiger partial charge in [-0.25, -0.2) is 0 Å². The van der Waals surface area contributed by atoms with E-state index in [1.807, 2.05) is 0 Å². The Morgan fingerprint density at radius 3 is 1.54 bits per heavy atom. The normalized spacial score (nSPS) is 10.7. The summed E-state index contributed by atoms with van der Waals surface area (Å²) in [6, 6.07) is 43.4. The minimum atomic E-state index is 0. The molecule has 0 bridgehead atoms. The molecule has 0 saturated carbocycles. The molecule has 0 atom stereocenters. The van der Waals surface area contributed by atoms with Crippen molar-refractivity contribution in [2.75, 3.05) is 0 Å². The van der Waals surface area contributed by atoms with E-state index in [4.69, 9.17) is 0 Å². The Morgan fingerprint density at radius 2 is 1.03 bits per heavy atom. The fourth-order valence-corrected chi connectivity index (χ4v) is 4.71. The van der Waals surface area contributed by atoms with Gasteiger partial charge in [0, 0.05) is 0 Å². The van der Waals surface area contributed by atoms with E-state index >= 15 is 0 Å². The molecule has 0 aliphatic rings. The van der Waals surface area contributed by atoms with Crippen LogP contribution in [0.5, 0.6) is 0 Å². The van der Waals surface area contributed by atoms with Crippen LogP contribution in [0.2, 0.25) is 0 Å². The van der Waals surface area contributed by atoms with Crippen molar-refractivity contribution in [1.29, 1.82) is 0 Å². The third-order valence-corrected chi connectivity index (χ3v) is 6.50. The predicted molar refractivity (Wildman–Crippen MR) is 149 cm³/mol. The zero-order valence-electron chi connectivity index (χ0n) is 20.6. The molecule has 0 saturated heterocycles. The van der Waals surface area contributed by atoms with E-state index in [9.17, 15) is 0 Å². The van der Waals surface area contributed by atoms with Gasteiger partial charge in [0.15, 0.2) is 0 Å². The molecule has 0 amide bonds. The first-order valence-electron chi connectivity index (χ1n) is 12.1. The molecule has 6 rings (SSSR count). The molecule has 0 unspecified atom stereocenters. The van der Waals surface area contributed by atoms with E-state index < -0.39 is 0 Å². The first-order chi connectivity index (χ1) is 16.6. The van der Waals surface area contributed by atoms with Gasteiger partial charge in [0.2, 0.25) is 0 Å². The summed E-state index contributed by atoms with van der Waals surface area (Å²) in [6.07, 6.45) is 0. The maximum absolute atomic E-state index is 2.34. The van der Waals surface area contributed by atoms with Crippen LogP contribution in [-0.4, -0.2) is 0 Å². The molecule has 0 N–H and O–H groups in total. The fraction of sp³-hybridized carbons (Fsp3) is 0.118. The molecular formula is C34H30Zr. The molecule has 0 spiro atoms. The number of benzene rings is 4. The number of rotatable bonds is 3. The fourth-order valence-electron chi connectivity index (χ4n) is 4.71. The van der Waals surface area contributed by atoms with Gasteiger partial charge in [0.1, 0.15) is 0 Å². The molecule has 35 heavy (non-hydrogen) atoms. The van der Waals surface area contributed by atoms with Crippen LogP contribution in [0, 0.1) is 6.92 Å². The predicted octanol–water partition coefficient (Wildman–Crippen LogP) is 9.88. The SMILES string of the molecule is CC(C)c1cc2c(-c3ccccc3)cccc2[cH-]1.Cc1cc2c(-c3ccccc3)cccc2[cH-]1.[Zr+2]. The van der Waals surface area contributed by atoms with Crippen LogP contribution in [0.1, 0.15) is 30.9 Å². The van der Waals surface area contributed by atoms with E-state index in [1.54, 1.807) is 0 Å². The smallest absolute Gasteiger partial charge is 0.165 e. The molecule has 6 aromatic rings. The number of aryl methyl sites for hydroxylation is 1. The quantitative estimate of drug-likeness (QED) is 0.200. The van der Waals surface area contributed by atoms with Crippen molar-refractivity contribution in [3.05, 3.63) is 132 Å². The van der Waals surface area contributed by atoms with Crippen LogP contribution in [0.15, 0.2) is 121 Å². The average molecular weight is 530 g/mol. The molecule has 1 heteroatoms. The van der Waals surface area contributed by atoms with E-state index in [-0.39, 0.29) is 26.2 Å². The monoisotopic (exact) mass is 528 g/mol. The van der Waals surface area contributed by atoms with Gasteiger partial charge in [0.05, 0.1) is 0 Å². The number of hydrogen-bond donors (Lipinski definition) is 0. The van der Waals surface area contributed by atoms with Crippen molar-refractivity contribution in [1.82, 2.24) is 0 Å². The maximum atomic E-state index is 2.34. The van der Waals surface area contributed by atoms with Gasteiger partial charge in [-0.1, -0.05) is 105 Å².